The van der Waals surface area contributed by atoms with Crippen LogP contribution in [0.25, 0.3) is 33.4 Å². The number of hydrogen-bond acceptors (Lipinski definition) is 11. The Balaban J connectivity index is 1.41. The Morgan fingerprint density at radius 1 is 0.651 bits per heavy atom. The first-order valence-electron chi connectivity index (χ1n) is 19.8. The number of carbonyl (C=O) groups is 2. The van der Waals surface area contributed by atoms with E-state index in [-0.39, 0.29) is 79.2 Å². The molecule has 2 aliphatic rings. The van der Waals surface area contributed by atoms with Gasteiger partial charge in [-0.2, -0.15) is 0 Å². The van der Waals surface area contributed by atoms with Gasteiger partial charge in [-0.15, -0.1) is 0 Å². The van der Waals surface area contributed by atoms with Crippen molar-refractivity contribution < 1.29 is 24.2 Å². The van der Waals surface area contributed by atoms with E-state index in [0.29, 0.717) is 31.6 Å². The van der Waals surface area contributed by atoms with Gasteiger partial charge in [-0.05, 0) is 84.4 Å². The van der Waals surface area contributed by atoms with Crippen LogP contribution in [0.15, 0.2) is 137 Å². The van der Waals surface area contributed by atoms with Crippen LogP contribution in [0.2, 0.25) is 10.0 Å². The average molecular weight is 881 g/mol. The Labute approximate surface area is 371 Å². The molecule has 8 rings (SSSR count). The molecule has 6 aromatic rings. The number of aromatic carboxylic acids is 1. The quantitative estimate of drug-likeness (QED) is 0.0838. The fraction of sp³-hybridized carbons (Fsp3) is 0.146. The molecule has 0 spiro atoms. The minimum atomic E-state index is -1.28. The standard InChI is InChI=1S/C48H39Cl2N7O6/c1-51-47(60)29-14-15-34(48(61)62)35(20-29)42-36-21-40(49)43(58)38(27-56(23-30-10-2-6-16-52-30)24-31-11-3-7-17-53-31)45(36)63-46-37(42)22-41(50)44(59)39(46)28-57(25-32-12-4-8-18-54-32)26-33-13-5-9-19-55-33/h2-22,58H,23-28H2,1H3,(H,51,60)(H,61,62). The number of carbonyl (C=O) groups excluding carboxylic acids is 1. The van der Waals surface area contributed by atoms with E-state index < -0.39 is 17.3 Å². The van der Waals surface area contributed by atoms with Gasteiger partial charge in [-0.25, -0.2) is 4.79 Å². The molecule has 3 N–H and O–H groups in total. The Morgan fingerprint density at radius 2 is 1.16 bits per heavy atom. The summed E-state index contributed by atoms with van der Waals surface area (Å²) in [6.07, 6.45) is 6.76. The molecule has 2 aromatic carbocycles. The van der Waals surface area contributed by atoms with Crippen LogP contribution in [0.4, 0.5) is 0 Å². The van der Waals surface area contributed by atoms with Gasteiger partial charge < -0.3 is 19.9 Å². The second-order valence-electron chi connectivity index (χ2n) is 14.8. The van der Waals surface area contributed by atoms with E-state index in [1.165, 1.54) is 37.4 Å². The molecular formula is C48H39Cl2N7O6. The fourth-order valence-electron chi connectivity index (χ4n) is 7.66. The first-order chi connectivity index (χ1) is 30.6. The fourth-order valence-corrected chi connectivity index (χ4v) is 8.11. The molecule has 5 heterocycles. The third kappa shape index (κ3) is 9.42. The number of rotatable bonds is 15. The number of fused-ring (bicyclic) bond motifs is 2. The number of phenols is 1. The van der Waals surface area contributed by atoms with Crippen molar-refractivity contribution in [3.8, 4) is 28.2 Å². The van der Waals surface area contributed by atoms with E-state index in [0.717, 1.165) is 22.8 Å². The van der Waals surface area contributed by atoms with Gasteiger partial charge in [0.05, 0.1) is 49.5 Å². The van der Waals surface area contributed by atoms with Gasteiger partial charge in [-0.3, -0.25) is 39.3 Å². The van der Waals surface area contributed by atoms with E-state index in [1.54, 1.807) is 24.8 Å². The van der Waals surface area contributed by atoms with Crippen molar-refractivity contribution >= 4 is 46.0 Å². The van der Waals surface area contributed by atoms with Crippen LogP contribution in [0.5, 0.6) is 5.75 Å². The van der Waals surface area contributed by atoms with Crippen molar-refractivity contribution in [2.75, 3.05) is 7.05 Å². The third-order valence-electron chi connectivity index (χ3n) is 10.5. The number of carboxylic acid groups (broad SMARTS) is 1. The maximum absolute atomic E-state index is 14.5. The maximum atomic E-state index is 14.5. The van der Waals surface area contributed by atoms with Crippen LogP contribution in [0.1, 0.15) is 54.6 Å². The van der Waals surface area contributed by atoms with Crippen molar-refractivity contribution in [1.29, 1.82) is 0 Å². The Hall–Kier alpha value is -7.03. The number of aromatic nitrogens is 4. The van der Waals surface area contributed by atoms with Gasteiger partial charge in [0.1, 0.15) is 17.1 Å². The molecule has 0 fully saturated rings. The van der Waals surface area contributed by atoms with Crippen LogP contribution in [-0.4, -0.2) is 58.9 Å². The summed E-state index contributed by atoms with van der Waals surface area (Å²) in [5.74, 6) is -1.93. The summed E-state index contributed by atoms with van der Waals surface area (Å²) in [6, 6.07) is 29.5. The molecule has 15 heteroatoms. The zero-order valence-corrected chi connectivity index (χ0v) is 35.3. The largest absolute Gasteiger partial charge is 0.506 e. The summed E-state index contributed by atoms with van der Waals surface area (Å²) in [7, 11) is 1.47. The first-order valence-corrected chi connectivity index (χ1v) is 20.6. The van der Waals surface area contributed by atoms with Crippen LogP contribution in [-0.2, 0) is 39.3 Å². The summed E-state index contributed by atoms with van der Waals surface area (Å²) in [6.45, 7) is 1.28. The van der Waals surface area contributed by atoms with Crippen LogP contribution in [0.3, 0.4) is 0 Å². The number of nitrogens with one attached hydrogen (secondary N) is 1. The van der Waals surface area contributed by atoms with Crippen LogP contribution in [0, 0.1) is 0 Å². The maximum Gasteiger partial charge on any atom is 0.336 e. The highest BCUT2D eigenvalue weighted by Crippen LogP contribution is 2.48. The van der Waals surface area contributed by atoms with E-state index in [2.05, 4.69) is 25.3 Å². The van der Waals surface area contributed by atoms with Gasteiger partial charge in [0, 0.05) is 93.2 Å². The van der Waals surface area contributed by atoms with Gasteiger partial charge in [0.25, 0.3) is 5.91 Å². The van der Waals surface area contributed by atoms with Crippen molar-refractivity contribution in [1.82, 2.24) is 35.1 Å². The number of phenolic OH excluding ortho intramolecular Hbond substituents is 1. The Morgan fingerprint density at radius 3 is 1.62 bits per heavy atom. The lowest BCUT2D eigenvalue weighted by Crippen LogP contribution is -2.27. The van der Waals surface area contributed by atoms with Crippen molar-refractivity contribution in [3.63, 3.8) is 0 Å². The van der Waals surface area contributed by atoms with Gasteiger partial charge >= 0.3 is 5.97 Å². The van der Waals surface area contributed by atoms with E-state index >= 15 is 0 Å². The lowest BCUT2D eigenvalue weighted by atomic mass is 9.87. The van der Waals surface area contributed by atoms with Crippen molar-refractivity contribution in [3.05, 3.63) is 193 Å². The SMILES string of the molecule is CNC(=O)c1ccc(C(=O)O)c(-c2c3cc(Cl)c(=O)c(CN(Cc4ccccn4)Cc4ccccn4)c-3oc3c(CN(Cc4ccccn4)Cc4ccccn4)c(O)c(Cl)cc23)c1. The molecule has 0 radical (unpaired) electrons. The normalized spacial score (nSPS) is 11.4. The zero-order chi connectivity index (χ0) is 44.0. The summed E-state index contributed by atoms with van der Waals surface area (Å²) < 4.78 is 6.92. The number of hydrogen-bond donors (Lipinski definition) is 3. The lowest BCUT2D eigenvalue weighted by Gasteiger charge is -2.26. The second-order valence-corrected chi connectivity index (χ2v) is 15.6. The molecule has 0 unspecified atom stereocenters. The van der Waals surface area contributed by atoms with Crippen LogP contribution < -0.4 is 10.7 Å². The average Bonchev–Trinajstić information content (AvgIpc) is 3.29. The molecule has 4 aromatic heterocycles. The number of benzene rings is 3. The molecule has 13 nitrogen and oxygen atoms in total. The topological polar surface area (TPSA) is 175 Å². The highest BCUT2D eigenvalue weighted by atomic mass is 35.5. The molecule has 1 aliphatic heterocycles. The minimum absolute atomic E-state index is 0.0120. The predicted molar refractivity (Wildman–Crippen MR) is 239 cm³/mol. The zero-order valence-electron chi connectivity index (χ0n) is 33.8. The number of aromatic hydroxyl groups is 1. The molecular weight excluding hydrogens is 841 g/mol. The molecule has 0 atom stereocenters. The number of halogens is 2. The summed E-state index contributed by atoms with van der Waals surface area (Å²) in [5, 5.41) is 25.3. The molecule has 1 amide bonds. The van der Waals surface area contributed by atoms with Gasteiger partial charge in [0.2, 0.25) is 5.43 Å². The van der Waals surface area contributed by atoms with Crippen LogP contribution >= 0.6 is 23.2 Å². The number of carboxylic acids is 1. The number of pyridine rings is 4. The smallest absolute Gasteiger partial charge is 0.336 e. The minimum Gasteiger partial charge on any atom is -0.506 e. The molecule has 0 saturated heterocycles. The summed E-state index contributed by atoms with van der Waals surface area (Å²) in [4.78, 5) is 62.8. The second kappa shape index (κ2) is 18.9. The molecule has 0 bridgehead atoms. The Kier molecular flexibility index (Phi) is 12.8. The van der Waals surface area contributed by atoms with Gasteiger partial charge in [-0.1, -0.05) is 47.5 Å². The summed E-state index contributed by atoms with van der Waals surface area (Å²) >= 11 is 13.8. The Bertz CT molecular complexity index is 2880. The summed E-state index contributed by atoms with van der Waals surface area (Å²) in [5.41, 5.74) is 3.66. The third-order valence-corrected chi connectivity index (χ3v) is 11.1. The lowest BCUT2D eigenvalue weighted by molar-refractivity contribution is 0.0697. The predicted octanol–water partition coefficient (Wildman–Crippen LogP) is 8.62. The van der Waals surface area contributed by atoms with Crippen molar-refractivity contribution in [2.24, 2.45) is 0 Å². The van der Waals surface area contributed by atoms with E-state index in [1.807, 2.05) is 82.6 Å². The first kappa shape index (κ1) is 42.7. The molecule has 316 valence electrons. The van der Waals surface area contributed by atoms with Gasteiger partial charge in [0.15, 0.2) is 0 Å². The molecule has 1 aliphatic carbocycles. The monoisotopic (exact) mass is 879 g/mol. The molecule has 63 heavy (non-hydrogen) atoms. The molecule has 0 saturated carbocycles. The highest BCUT2D eigenvalue weighted by Gasteiger charge is 2.31. The number of nitrogens with zero attached hydrogens (tertiary/aromatic N) is 6. The highest BCUT2D eigenvalue weighted by molar-refractivity contribution is 6.33. The van der Waals surface area contributed by atoms with E-state index in [4.69, 9.17) is 27.6 Å². The van der Waals surface area contributed by atoms with E-state index in [9.17, 15) is 24.6 Å². The van der Waals surface area contributed by atoms with Crippen molar-refractivity contribution in [2.45, 2.75) is 39.3 Å². The number of amides is 1.